The van der Waals surface area contributed by atoms with Crippen LogP contribution in [0.25, 0.3) is 0 Å². The Balaban J connectivity index is 2.00. The van der Waals surface area contributed by atoms with E-state index in [1.807, 2.05) is 27.0 Å². The second kappa shape index (κ2) is 9.21. The van der Waals surface area contributed by atoms with E-state index in [9.17, 15) is 39.6 Å². The molecule has 11 heteroatoms. The van der Waals surface area contributed by atoms with E-state index in [4.69, 9.17) is 5.73 Å². The Morgan fingerprint density at radius 2 is 1.71 bits per heavy atom. The molecule has 3 unspecified atom stereocenters. The molecule has 0 amide bonds. The molecule has 0 bridgehead atoms. The number of carbonyl (C=O) groups excluding carboxylic acids is 4. The number of nitrogens with zero attached hydrogens (tertiary/aromatic N) is 1. The quantitative estimate of drug-likeness (QED) is 0.198. The maximum absolute atomic E-state index is 14.1. The number of thioether (sulfide) groups is 1. The number of nitrogens with two attached hydrogens (primary N) is 1. The number of aliphatic hydroxyl groups is 3. The zero-order valence-corrected chi connectivity index (χ0v) is 23.4. The van der Waals surface area contributed by atoms with Gasteiger partial charge in [0.1, 0.15) is 17.9 Å². The Morgan fingerprint density at radius 3 is 2.18 bits per heavy atom. The summed E-state index contributed by atoms with van der Waals surface area (Å²) in [6, 6.07) is 0.473. The highest BCUT2D eigenvalue weighted by Crippen LogP contribution is 2.56. The third kappa shape index (κ3) is 3.66. The molecule has 0 spiro atoms. The highest BCUT2D eigenvalue weighted by Gasteiger charge is 2.72. The van der Waals surface area contributed by atoms with Gasteiger partial charge in [0.2, 0.25) is 0 Å². The van der Waals surface area contributed by atoms with Crippen molar-refractivity contribution < 1.29 is 39.6 Å². The first-order valence-corrected chi connectivity index (χ1v) is 13.8. The van der Waals surface area contributed by atoms with Gasteiger partial charge in [-0.1, -0.05) is 27.7 Å². The van der Waals surface area contributed by atoms with E-state index in [2.05, 4.69) is 0 Å². The lowest BCUT2D eigenvalue weighted by Gasteiger charge is -2.56. The van der Waals surface area contributed by atoms with Gasteiger partial charge in [0.05, 0.1) is 29.5 Å². The topological polar surface area (TPSA) is 178 Å². The molecule has 0 aromatic heterocycles. The van der Waals surface area contributed by atoms with Gasteiger partial charge in [0, 0.05) is 16.4 Å². The van der Waals surface area contributed by atoms with E-state index in [1.54, 1.807) is 13.0 Å². The van der Waals surface area contributed by atoms with Crippen LogP contribution in [-0.4, -0.2) is 92.8 Å². The van der Waals surface area contributed by atoms with Gasteiger partial charge in [-0.15, -0.1) is 11.8 Å². The first kappa shape index (κ1) is 28.8. The molecule has 9 atom stereocenters. The molecule has 4 rings (SSSR count). The smallest absolute Gasteiger partial charge is 0.190 e. The lowest BCUT2D eigenvalue weighted by molar-refractivity contribution is -0.199. The average Bonchev–Trinajstić information content (AvgIpc) is 2.80. The van der Waals surface area contributed by atoms with Crippen molar-refractivity contribution in [3.8, 4) is 5.75 Å². The fourth-order valence-electron chi connectivity index (χ4n) is 6.92. The van der Waals surface area contributed by atoms with Crippen LogP contribution < -0.4 is 5.73 Å². The van der Waals surface area contributed by atoms with Gasteiger partial charge in [-0.2, -0.15) is 0 Å². The summed E-state index contributed by atoms with van der Waals surface area (Å²) in [6.45, 7) is 7.35. The number of likely N-dealkylation sites (N-methyl/N-ethyl adjacent to an activating group) is 1. The van der Waals surface area contributed by atoms with Crippen molar-refractivity contribution >= 4 is 34.9 Å². The molecule has 3 aliphatic carbocycles. The zero-order chi connectivity index (χ0) is 28.8. The van der Waals surface area contributed by atoms with Crippen LogP contribution in [0, 0.1) is 23.7 Å². The maximum atomic E-state index is 14.1. The number of rotatable bonds is 3. The van der Waals surface area contributed by atoms with E-state index < -0.39 is 82.1 Å². The minimum absolute atomic E-state index is 0.0583. The van der Waals surface area contributed by atoms with Crippen LogP contribution in [0.2, 0.25) is 0 Å². The monoisotopic (exact) mass is 548 g/mol. The minimum atomic E-state index is -2.94. The number of aromatic hydroxyl groups is 1. The highest BCUT2D eigenvalue weighted by atomic mass is 32.2. The van der Waals surface area contributed by atoms with Crippen molar-refractivity contribution in [2.75, 3.05) is 20.4 Å². The number of hydrogen-bond acceptors (Lipinski definition) is 11. The summed E-state index contributed by atoms with van der Waals surface area (Å²) in [5.74, 6) is -11.2. The summed E-state index contributed by atoms with van der Waals surface area (Å²) in [5.41, 5.74) is 2.96. The third-order valence-electron chi connectivity index (χ3n) is 8.67. The Bertz CT molecular complexity index is 1240. The molecule has 0 radical (unpaired) electrons. The molecule has 0 heterocycles. The number of benzene rings is 1. The fourth-order valence-corrected chi connectivity index (χ4v) is 7.66. The standard InChI is InChI=1S/C27H36N2O8S/c1-9-12-11(38-7)8-10(26(2,3)4)19(30)14(12)20(31)15-13(9)21(32)17-18(29(5)6)22(33)16(25(28)36)24(35)27(17,37)23(15)34/h8-9,13,15-18,21,25,30,32,36-37H,28H2,1-7H3/t9-,13+,15?,16?,17+,18-,21-,25?,27-/m0/s1. The van der Waals surface area contributed by atoms with Crippen LogP contribution >= 0.6 is 11.8 Å². The summed E-state index contributed by atoms with van der Waals surface area (Å²) in [6.07, 6.45) is -1.79. The van der Waals surface area contributed by atoms with Crippen LogP contribution in [0.1, 0.15) is 55.1 Å². The summed E-state index contributed by atoms with van der Waals surface area (Å²) < 4.78 is 0. The summed E-state index contributed by atoms with van der Waals surface area (Å²) >= 11 is 1.36. The van der Waals surface area contributed by atoms with Crippen molar-refractivity contribution in [2.24, 2.45) is 29.4 Å². The Kier molecular flexibility index (Phi) is 6.99. The normalized spacial score (nSPS) is 36.2. The van der Waals surface area contributed by atoms with Crippen LogP contribution in [0.5, 0.6) is 5.75 Å². The SMILES string of the molecule is CSc1cc(C(C)(C)C)c(O)c2c1[C@H](C)[C@@H]1C(C2=O)C(=O)[C@]2(O)C(=O)C(C(N)O)C(=O)[C@@H](N(C)C)[C@@H]2[C@H]1O. The van der Waals surface area contributed by atoms with Gasteiger partial charge in [0.15, 0.2) is 28.7 Å². The second-order valence-corrected chi connectivity index (χ2v) is 12.9. The van der Waals surface area contributed by atoms with E-state index in [1.165, 1.54) is 30.8 Å². The lowest BCUT2D eigenvalue weighted by Crippen LogP contribution is -2.78. The molecule has 3 aliphatic rings. The summed E-state index contributed by atoms with van der Waals surface area (Å²) in [5, 5.41) is 44.9. The molecule has 1 aromatic rings. The second-order valence-electron chi connectivity index (χ2n) is 12.0. The Labute approximate surface area is 225 Å². The largest absolute Gasteiger partial charge is 0.507 e. The van der Waals surface area contributed by atoms with E-state index in [0.29, 0.717) is 16.0 Å². The molecule has 38 heavy (non-hydrogen) atoms. The van der Waals surface area contributed by atoms with Crippen molar-refractivity contribution in [1.29, 1.82) is 0 Å². The molecular weight excluding hydrogens is 512 g/mol. The van der Waals surface area contributed by atoms with Gasteiger partial charge >= 0.3 is 0 Å². The molecule has 10 nitrogen and oxygen atoms in total. The van der Waals surface area contributed by atoms with Crippen molar-refractivity contribution in [3.05, 3.63) is 22.8 Å². The highest BCUT2D eigenvalue weighted by molar-refractivity contribution is 7.98. The van der Waals surface area contributed by atoms with Crippen molar-refractivity contribution in [2.45, 2.75) is 67.9 Å². The molecule has 208 valence electrons. The Morgan fingerprint density at radius 1 is 1.13 bits per heavy atom. The van der Waals surface area contributed by atoms with Crippen molar-refractivity contribution in [1.82, 2.24) is 4.90 Å². The summed E-state index contributed by atoms with van der Waals surface area (Å²) in [7, 11) is 2.98. The maximum Gasteiger partial charge on any atom is 0.190 e. The first-order valence-electron chi connectivity index (χ1n) is 12.6. The summed E-state index contributed by atoms with van der Waals surface area (Å²) in [4.78, 5) is 57.0. The number of phenolic OH excluding ortho intramolecular Hbond substituents is 1. The number of Topliss-reactive ketones (excluding diaryl/α,β-unsaturated/α-hetero) is 4. The van der Waals surface area contributed by atoms with Crippen LogP contribution in [0.4, 0.5) is 0 Å². The number of aliphatic hydroxyl groups excluding tert-OH is 2. The van der Waals surface area contributed by atoms with Gasteiger partial charge in [-0.25, -0.2) is 0 Å². The van der Waals surface area contributed by atoms with Crippen LogP contribution in [0.15, 0.2) is 11.0 Å². The van der Waals surface area contributed by atoms with Crippen LogP contribution in [-0.2, 0) is 19.8 Å². The Hall–Kier alpha value is -2.15. The number of hydrogen-bond donors (Lipinski definition) is 5. The molecule has 0 saturated heterocycles. The number of fused-ring (bicyclic) bond motifs is 3. The van der Waals surface area contributed by atoms with Crippen molar-refractivity contribution in [3.63, 3.8) is 0 Å². The number of phenols is 1. The molecule has 2 fully saturated rings. The van der Waals surface area contributed by atoms with E-state index in [0.717, 1.165) is 0 Å². The molecule has 1 aromatic carbocycles. The predicted molar refractivity (Wildman–Crippen MR) is 139 cm³/mol. The third-order valence-corrected chi connectivity index (χ3v) is 9.45. The fraction of sp³-hybridized carbons (Fsp3) is 0.630. The van der Waals surface area contributed by atoms with Gasteiger partial charge < -0.3 is 26.2 Å². The van der Waals surface area contributed by atoms with E-state index >= 15 is 0 Å². The van der Waals surface area contributed by atoms with Gasteiger partial charge in [-0.05, 0) is 43.3 Å². The minimum Gasteiger partial charge on any atom is -0.507 e. The number of ketones is 4. The molecule has 2 saturated carbocycles. The van der Waals surface area contributed by atoms with E-state index in [-0.39, 0.29) is 11.3 Å². The lowest BCUT2D eigenvalue weighted by atomic mass is 9.49. The molecule has 6 N–H and O–H groups in total. The van der Waals surface area contributed by atoms with Crippen LogP contribution in [0.3, 0.4) is 0 Å². The predicted octanol–water partition coefficient (Wildman–Crippen LogP) is 0.210. The number of carbonyl (C=O) groups is 4. The average molecular weight is 549 g/mol. The zero-order valence-electron chi connectivity index (χ0n) is 22.6. The molecule has 0 aliphatic heterocycles. The van der Waals surface area contributed by atoms with Gasteiger partial charge in [-0.3, -0.25) is 24.1 Å². The first-order chi connectivity index (χ1) is 17.4. The molecular formula is C27H36N2O8S. The van der Waals surface area contributed by atoms with Gasteiger partial charge in [0.25, 0.3) is 0 Å².